The fraction of sp³-hybridized carbons (Fsp3) is 0.0909. The lowest BCUT2D eigenvalue weighted by Crippen LogP contribution is -1.99. The van der Waals surface area contributed by atoms with E-state index in [1.807, 2.05) is 60.8 Å². The Kier molecular flexibility index (Phi) is 5.70. The number of benzene rings is 2. The van der Waals surface area contributed by atoms with Crippen molar-refractivity contribution in [1.29, 1.82) is 0 Å². The van der Waals surface area contributed by atoms with E-state index in [1.54, 1.807) is 17.9 Å². The molecule has 0 saturated carbocycles. The molecule has 5 nitrogen and oxygen atoms in total. The molecule has 3 aromatic rings. The molecule has 0 N–H and O–H groups in total. The van der Waals surface area contributed by atoms with Crippen LogP contribution in [-0.4, -0.2) is 29.5 Å². The van der Waals surface area contributed by atoms with Crippen molar-refractivity contribution in [3.63, 3.8) is 0 Å². The van der Waals surface area contributed by atoms with E-state index < -0.39 is 5.97 Å². The van der Waals surface area contributed by atoms with Crippen molar-refractivity contribution in [2.24, 2.45) is 0 Å². The number of carbonyl (C=O) groups excluding carboxylic acids is 1. The summed E-state index contributed by atoms with van der Waals surface area (Å²) in [7, 11) is 1.62. The summed E-state index contributed by atoms with van der Waals surface area (Å²) in [6, 6.07) is 17.3. The summed E-state index contributed by atoms with van der Waals surface area (Å²) in [6.45, 7) is -0.0578. The molecule has 134 valence electrons. The van der Waals surface area contributed by atoms with Crippen molar-refractivity contribution in [2.45, 2.75) is 0 Å². The van der Waals surface area contributed by atoms with E-state index in [4.69, 9.17) is 15.9 Å². The van der Waals surface area contributed by atoms with Crippen LogP contribution in [0, 0.1) is 12.3 Å². The van der Waals surface area contributed by atoms with Crippen LogP contribution in [-0.2, 0) is 9.53 Å². The molecule has 0 radical (unpaired) electrons. The number of rotatable bonds is 6. The van der Waals surface area contributed by atoms with E-state index in [9.17, 15) is 4.79 Å². The second-order valence-electron chi connectivity index (χ2n) is 5.59. The van der Waals surface area contributed by atoms with E-state index in [1.165, 1.54) is 6.08 Å². The molecule has 0 bridgehead atoms. The number of carbonyl (C=O) groups is 1. The summed E-state index contributed by atoms with van der Waals surface area (Å²) >= 11 is 0. The third-order valence-corrected chi connectivity index (χ3v) is 3.82. The Hall–Kier alpha value is -3.78. The topological polar surface area (TPSA) is 53.4 Å². The van der Waals surface area contributed by atoms with Crippen LogP contribution in [0.4, 0.5) is 0 Å². The number of esters is 1. The van der Waals surface area contributed by atoms with Gasteiger partial charge in [-0.25, -0.2) is 9.48 Å². The van der Waals surface area contributed by atoms with Gasteiger partial charge in [0, 0.05) is 23.4 Å². The minimum atomic E-state index is -0.499. The van der Waals surface area contributed by atoms with Crippen LogP contribution in [0.1, 0.15) is 5.56 Å². The van der Waals surface area contributed by atoms with E-state index in [0.29, 0.717) is 0 Å². The Morgan fingerprint density at radius 2 is 1.93 bits per heavy atom. The van der Waals surface area contributed by atoms with Crippen molar-refractivity contribution < 1.29 is 14.3 Å². The van der Waals surface area contributed by atoms with Crippen LogP contribution >= 0.6 is 0 Å². The fourth-order valence-electron chi connectivity index (χ4n) is 2.51. The molecule has 0 aliphatic rings. The summed E-state index contributed by atoms with van der Waals surface area (Å²) in [6.07, 6.45) is 9.98. The van der Waals surface area contributed by atoms with Crippen molar-refractivity contribution in [3.05, 3.63) is 72.4 Å². The maximum absolute atomic E-state index is 11.7. The SMILES string of the molecule is C#CCOC(=O)/C=C/c1cn(-c2ccccc2)nc1-c1ccc(OC)cc1. The predicted octanol–water partition coefficient (Wildman–Crippen LogP) is 3.74. The van der Waals surface area contributed by atoms with Crippen LogP contribution in [0.3, 0.4) is 0 Å². The molecule has 0 atom stereocenters. The quantitative estimate of drug-likeness (QED) is 0.383. The second kappa shape index (κ2) is 8.54. The first-order valence-electron chi connectivity index (χ1n) is 8.29. The van der Waals surface area contributed by atoms with Gasteiger partial charge < -0.3 is 9.47 Å². The number of terminal acetylenes is 1. The van der Waals surface area contributed by atoms with Gasteiger partial charge in [0.25, 0.3) is 0 Å². The van der Waals surface area contributed by atoms with Crippen LogP contribution in [0.2, 0.25) is 0 Å². The number of para-hydroxylation sites is 1. The highest BCUT2D eigenvalue weighted by atomic mass is 16.5. The van der Waals surface area contributed by atoms with Gasteiger partial charge in [-0.05, 0) is 42.5 Å². The summed E-state index contributed by atoms with van der Waals surface area (Å²) in [5.74, 6) is 2.53. The molecule has 0 aliphatic heterocycles. The molecule has 0 fully saturated rings. The zero-order valence-corrected chi connectivity index (χ0v) is 14.8. The predicted molar refractivity (Wildman–Crippen MR) is 104 cm³/mol. The lowest BCUT2D eigenvalue weighted by Gasteiger charge is -2.02. The molecule has 0 unspecified atom stereocenters. The summed E-state index contributed by atoms with van der Waals surface area (Å²) < 4.78 is 11.9. The van der Waals surface area contributed by atoms with Crippen molar-refractivity contribution in [1.82, 2.24) is 9.78 Å². The monoisotopic (exact) mass is 358 g/mol. The Bertz CT molecular complexity index is 981. The van der Waals surface area contributed by atoms with Gasteiger partial charge in [-0.15, -0.1) is 6.42 Å². The Morgan fingerprint density at radius 3 is 2.59 bits per heavy atom. The second-order valence-corrected chi connectivity index (χ2v) is 5.59. The molecule has 27 heavy (non-hydrogen) atoms. The van der Waals surface area contributed by atoms with Gasteiger partial charge in [0.05, 0.1) is 18.5 Å². The van der Waals surface area contributed by atoms with Crippen molar-refractivity contribution in [2.75, 3.05) is 13.7 Å². The summed E-state index contributed by atoms with van der Waals surface area (Å²) in [4.78, 5) is 11.7. The number of nitrogens with zero attached hydrogens (tertiary/aromatic N) is 2. The molecule has 0 aliphatic carbocycles. The first kappa shape index (κ1) is 18.0. The normalized spacial score (nSPS) is 10.5. The molecule has 0 saturated heterocycles. The average molecular weight is 358 g/mol. The largest absolute Gasteiger partial charge is 0.497 e. The highest BCUT2D eigenvalue weighted by Crippen LogP contribution is 2.26. The van der Waals surface area contributed by atoms with Crippen LogP contribution in [0.5, 0.6) is 5.75 Å². The lowest BCUT2D eigenvalue weighted by atomic mass is 10.1. The number of ether oxygens (including phenoxy) is 2. The molecule has 1 aromatic heterocycles. The molecule has 0 amide bonds. The van der Waals surface area contributed by atoms with Gasteiger partial charge >= 0.3 is 5.97 Å². The average Bonchev–Trinajstić information content (AvgIpc) is 3.15. The molecule has 3 rings (SSSR count). The molecule has 1 heterocycles. The minimum absolute atomic E-state index is 0.0578. The Morgan fingerprint density at radius 1 is 1.19 bits per heavy atom. The zero-order chi connectivity index (χ0) is 19.1. The first-order chi connectivity index (χ1) is 13.2. The van der Waals surface area contributed by atoms with Crippen molar-refractivity contribution >= 4 is 12.0 Å². The van der Waals surface area contributed by atoms with Gasteiger partial charge in [-0.2, -0.15) is 5.10 Å². The maximum atomic E-state index is 11.7. The highest BCUT2D eigenvalue weighted by molar-refractivity contribution is 5.88. The Labute approximate surface area is 157 Å². The molecular formula is C22H18N2O3. The van der Waals surface area contributed by atoms with E-state index in [-0.39, 0.29) is 6.61 Å². The van der Waals surface area contributed by atoms with Gasteiger partial charge in [0.2, 0.25) is 0 Å². The summed E-state index contributed by atoms with van der Waals surface area (Å²) in [5.41, 5.74) is 3.34. The molecule has 5 heteroatoms. The van der Waals surface area contributed by atoms with Crippen molar-refractivity contribution in [3.8, 4) is 35.0 Å². The van der Waals surface area contributed by atoms with Crippen LogP contribution in [0.15, 0.2) is 66.9 Å². The standard InChI is InChI=1S/C22H18N2O3/c1-3-15-27-21(25)14-11-18-16-24(19-7-5-4-6-8-19)23-22(18)17-9-12-20(26-2)13-10-17/h1,4-14,16H,15H2,2H3/b14-11+. The van der Waals surface area contributed by atoms with E-state index in [2.05, 4.69) is 11.0 Å². The number of hydrogen-bond donors (Lipinski definition) is 0. The maximum Gasteiger partial charge on any atom is 0.331 e. The first-order valence-corrected chi connectivity index (χ1v) is 8.29. The number of hydrogen-bond acceptors (Lipinski definition) is 4. The fourth-order valence-corrected chi connectivity index (χ4v) is 2.51. The third kappa shape index (κ3) is 4.44. The highest BCUT2D eigenvalue weighted by Gasteiger charge is 2.11. The lowest BCUT2D eigenvalue weighted by molar-refractivity contribution is -0.136. The summed E-state index contributed by atoms with van der Waals surface area (Å²) in [5, 5.41) is 4.69. The zero-order valence-electron chi connectivity index (χ0n) is 14.8. The third-order valence-electron chi connectivity index (χ3n) is 3.82. The number of methoxy groups -OCH3 is 1. The van der Waals surface area contributed by atoms with E-state index in [0.717, 1.165) is 28.3 Å². The van der Waals surface area contributed by atoms with Crippen LogP contribution < -0.4 is 4.74 Å². The molecular weight excluding hydrogens is 340 g/mol. The van der Waals surface area contributed by atoms with Gasteiger partial charge in [-0.1, -0.05) is 24.1 Å². The molecule has 2 aromatic carbocycles. The number of aromatic nitrogens is 2. The van der Waals surface area contributed by atoms with Crippen LogP contribution in [0.25, 0.3) is 23.0 Å². The molecule has 0 spiro atoms. The Balaban J connectivity index is 1.98. The minimum Gasteiger partial charge on any atom is -0.497 e. The van der Waals surface area contributed by atoms with Gasteiger partial charge in [0.15, 0.2) is 6.61 Å². The van der Waals surface area contributed by atoms with Gasteiger partial charge in [0.1, 0.15) is 5.75 Å². The smallest absolute Gasteiger partial charge is 0.331 e. The van der Waals surface area contributed by atoms with Gasteiger partial charge in [-0.3, -0.25) is 0 Å². The van der Waals surface area contributed by atoms with E-state index >= 15 is 0 Å².